The molecule has 2 fully saturated rings. The summed E-state index contributed by atoms with van der Waals surface area (Å²) in [4.78, 5) is 11.7. The van der Waals surface area contributed by atoms with Gasteiger partial charge in [0, 0.05) is 50.6 Å². The molecule has 0 bridgehead atoms. The third-order valence-electron chi connectivity index (χ3n) is 5.22. The molecular formula is C19H27N7. The van der Waals surface area contributed by atoms with Gasteiger partial charge < -0.3 is 20.0 Å². The van der Waals surface area contributed by atoms with Crippen molar-refractivity contribution in [2.24, 2.45) is 0 Å². The normalized spacial score (nSPS) is 18.8. The van der Waals surface area contributed by atoms with Gasteiger partial charge in [0.1, 0.15) is 0 Å². The topological polar surface area (TPSA) is 60.4 Å². The van der Waals surface area contributed by atoms with Crippen LogP contribution in [0.1, 0.15) is 19.3 Å². The first kappa shape index (κ1) is 17.0. The monoisotopic (exact) mass is 353 g/mol. The van der Waals surface area contributed by atoms with E-state index in [4.69, 9.17) is 0 Å². The summed E-state index contributed by atoms with van der Waals surface area (Å²) < 4.78 is 0. The van der Waals surface area contributed by atoms with Gasteiger partial charge in [0.25, 0.3) is 0 Å². The smallest absolute Gasteiger partial charge is 0.249 e. The van der Waals surface area contributed by atoms with Gasteiger partial charge >= 0.3 is 0 Å². The molecule has 26 heavy (non-hydrogen) atoms. The maximum Gasteiger partial charge on any atom is 0.249 e. The minimum absolute atomic E-state index is 0.556. The van der Waals surface area contributed by atoms with Gasteiger partial charge in [-0.3, -0.25) is 0 Å². The fraction of sp³-hybridized carbons (Fsp3) is 0.526. The number of piperidine rings is 1. The predicted octanol–water partition coefficient (Wildman–Crippen LogP) is 2.36. The van der Waals surface area contributed by atoms with Crippen LogP contribution in [0.25, 0.3) is 0 Å². The van der Waals surface area contributed by atoms with Crippen molar-refractivity contribution < 1.29 is 0 Å². The van der Waals surface area contributed by atoms with Crippen LogP contribution < -0.4 is 15.1 Å². The Labute approximate surface area is 155 Å². The third kappa shape index (κ3) is 4.04. The molecule has 0 atom stereocenters. The standard InChI is InChI=1S/C19H27N7/c1-24-11-13-25(14-12-24)17-7-5-16(6-8-17)21-19-22-18(15-20-23-19)26-9-3-2-4-10-26/h5-8,15H,2-4,9-14H2,1H3,(H,21,22,23). The number of aromatic nitrogens is 3. The zero-order chi connectivity index (χ0) is 17.8. The molecular weight excluding hydrogens is 326 g/mol. The van der Waals surface area contributed by atoms with E-state index in [2.05, 4.69) is 66.5 Å². The lowest BCUT2D eigenvalue weighted by Crippen LogP contribution is -2.44. The molecule has 0 aliphatic carbocycles. The lowest BCUT2D eigenvalue weighted by Gasteiger charge is -2.34. The van der Waals surface area contributed by atoms with Gasteiger partial charge in [-0.2, -0.15) is 10.1 Å². The Bertz CT molecular complexity index is 704. The molecule has 7 heteroatoms. The first-order valence-electron chi connectivity index (χ1n) is 9.53. The number of likely N-dealkylation sites (N-methyl/N-ethyl adjacent to an activating group) is 1. The molecule has 0 radical (unpaired) electrons. The van der Waals surface area contributed by atoms with Crippen LogP contribution >= 0.6 is 0 Å². The highest BCUT2D eigenvalue weighted by Gasteiger charge is 2.15. The number of piperazine rings is 1. The van der Waals surface area contributed by atoms with Crippen LogP contribution in [0.3, 0.4) is 0 Å². The second-order valence-electron chi connectivity index (χ2n) is 7.15. The SMILES string of the molecule is CN1CCN(c2ccc(Nc3nncc(N4CCCCC4)n3)cc2)CC1. The van der Waals surface area contributed by atoms with Gasteiger partial charge in [-0.25, -0.2) is 0 Å². The summed E-state index contributed by atoms with van der Waals surface area (Å²) in [6.07, 6.45) is 5.51. The highest BCUT2D eigenvalue weighted by Crippen LogP contribution is 2.22. The Balaban J connectivity index is 1.41. The second kappa shape index (κ2) is 7.86. The Hall–Kier alpha value is -2.41. The van der Waals surface area contributed by atoms with Crippen molar-refractivity contribution in [1.82, 2.24) is 20.1 Å². The van der Waals surface area contributed by atoms with Gasteiger partial charge in [0.2, 0.25) is 5.95 Å². The van der Waals surface area contributed by atoms with Crippen molar-refractivity contribution in [2.45, 2.75) is 19.3 Å². The molecule has 0 saturated carbocycles. The Morgan fingerprint density at radius 3 is 2.31 bits per heavy atom. The third-order valence-corrected chi connectivity index (χ3v) is 5.22. The maximum absolute atomic E-state index is 4.64. The van der Waals surface area contributed by atoms with E-state index in [0.29, 0.717) is 5.95 Å². The molecule has 1 aromatic heterocycles. The van der Waals surface area contributed by atoms with Crippen LogP contribution in [-0.4, -0.2) is 66.4 Å². The van der Waals surface area contributed by atoms with E-state index in [1.165, 1.54) is 24.9 Å². The first-order valence-corrected chi connectivity index (χ1v) is 9.53. The molecule has 2 aliphatic heterocycles. The average molecular weight is 353 g/mol. The van der Waals surface area contributed by atoms with Gasteiger partial charge in [-0.15, -0.1) is 5.10 Å². The van der Waals surface area contributed by atoms with E-state index >= 15 is 0 Å². The van der Waals surface area contributed by atoms with Gasteiger partial charge in [-0.1, -0.05) is 0 Å². The average Bonchev–Trinajstić information content (AvgIpc) is 2.70. The number of hydrogen-bond acceptors (Lipinski definition) is 7. The molecule has 0 unspecified atom stereocenters. The summed E-state index contributed by atoms with van der Waals surface area (Å²) in [5.41, 5.74) is 2.25. The number of rotatable bonds is 4. The van der Waals surface area contributed by atoms with Crippen molar-refractivity contribution in [2.75, 3.05) is 61.4 Å². The molecule has 138 valence electrons. The van der Waals surface area contributed by atoms with Crippen LogP contribution in [-0.2, 0) is 0 Å². The van der Waals surface area contributed by atoms with Gasteiger partial charge in [0.15, 0.2) is 5.82 Å². The van der Waals surface area contributed by atoms with E-state index in [1.807, 2.05) is 0 Å². The Morgan fingerprint density at radius 1 is 0.846 bits per heavy atom. The van der Waals surface area contributed by atoms with Crippen molar-refractivity contribution >= 4 is 23.1 Å². The summed E-state index contributed by atoms with van der Waals surface area (Å²) in [5.74, 6) is 1.47. The van der Waals surface area contributed by atoms with Crippen molar-refractivity contribution in [3.63, 3.8) is 0 Å². The highest BCUT2D eigenvalue weighted by atomic mass is 15.3. The lowest BCUT2D eigenvalue weighted by molar-refractivity contribution is 0.313. The molecule has 0 spiro atoms. The number of nitrogens with zero attached hydrogens (tertiary/aromatic N) is 6. The molecule has 0 amide bonds. The fourth-order valence-corrected chi connectivity index (χ4v) is 3.57. The number of hydrogen-bond donors (Lipinski definition) is 1. The predicted molar refractivity (Wildman–Crippen MR) is 105 cm³/mol. The number of benzene rings is 1. The largest absolute Gasteiger partial charge is 0.369 e. The molecule has 1 N–H and O–H groups in total. The summed E-state index contributed by atoms with van der Waals surface area (Å²) in [6.45, 7) is 6.49. The van der Waals surface area contributed by atoms with Crippen molar-refractivity contribution in [1.29, 1.82) is 0 Å². The van der Waals surface area contributed by atoms with Crippen molar-refractivity contribution in [3.05, 3.63) is 30.5 Å². The quantitative estimate of drug-likeness (QED) is 0.905. The summed E-state index contributed by atoms with van der Waals surface area (Å²) >= 11 is 0. The summed E-state index contributed by atoms with van der Waals surface area (Å²) in [6, 6.07) is 8.50. The maximum atomic E-state index is 4.64. The molecule has 2 aromatic rings. The molecule has 4 rings (SSSR count). The fourth-order valence-electron chi connectivity index (χ4n) is 3.57. The van der Waals surface area contributed by atoms with Crippen LogP contribution in [0, 0.1) is 0 Å². The zero-order valence-electron chi connectivity index (χ0n) is 15.4. The summed E-state index contributed by atoms with van der Waals surface area (Å²) in [5, 5.41) is 11.5. The van der Waals surface area contributed by atoms with E-state index in [9.17, 15) is 0 Å². The molecule has 3 heterocycles. The second-order valence-corrected chi connectivity index (χ2v) is 7.15. The van der Waals surface area contributed by atoms with E-state index < -0.39 is 0 Å². The minimum Gasteiger partial charge on any atom is -0.369 e. The van der Waals surface area contributed by atoms with Crippen molar-refractivity contribution in [3.8, 4) is 0 Å². The van der Waals surface area contributed by atoms with E-state index in [1.54, 1.807) is 6.20 Å². The van der Waals surface area contributed by atoms with Crippen LogP contribution in [0.2, 0.25) is 0 Å². The lowest BCUT2D eigenvalue weighted by atomic mass is 10.1. The van der Waals surface area contributed by atoms with Crippen LogP contribution in [0.15, 0.2) is 30.5 Å². The summed E-state index contributed by atoms with van der Waals surface area (Å²) in [7, 11) is 2.18. The van der Waals surface area contributed by atoms with E-state index in [0.717, 1.165) is 50.8 Å². The minimum atomic E-state index is 0.556. The van der Waals surface area contributed by atoms with Crippen LogP contribution in [0.4, 0.5) is 23.1 Å². The number of anilines is 4. The molecule has 2 aliphatic rings. The van der Waals surface area contributed by atoms with Gasteiger partial charge in [-0.05, 0) is 50.6 Å². The Morgan fingerprint density at radius 2 is 1.58 bits per heavy atom. The Kier molecular flexibility index (Phi) is 5.15. The van der Waals surface area contributed by atoms with Crippen LogP contribution in [0.5, 0.6) is 0 Å². The highest BCUT2D eigenvalue weighted by molar-refractivity contribution is 5.60. The zero-order valence-corrected chi connectivity index (χ0v) is 15.4. The van der Waals surface area contributed by atoms with E-state index in [-0.39, 0.29) is 0 Å². The molecule has 2 saturated heterocycles. The molecule has 1 aromatic carbocycles. The van der Waals surface area contributed by atoms with Gasteiger partial charge in [0.05, 0.1) is 6.20 Å². The molecule has 7 nitrogen and oxygen atoms in total. The number of nitrogens with one attached hydrogen (secondary N) is 1. The first-order chi connectivity index (χ1) is 12.8.